The first-order chi connectivity index (χ1) is 12.2. The second kappa shape index (κ2) is 6.75. The van der Waals surface area contributed by atoms with Crippen molar-refractivity contribution < 1.29 is 13.2 Å². The summed E-state index contributed by atoms with van der Waals surface area (Å²) in [5.74, 6) is -0.409. The zero-order valence-electron chi connectivity index (χ0n) is 14.5. The highest BCUT2D eigenvalue weighted by Gasteiger charge is 2.21. The lowest BCUT2D eigenvalue weighted by Gasteiger charge is -2.13. The Kier molecular flexibility index (Phi) is 4.79. The van der Waals surface area contributed by atoms with Gasteiger partial charge in [-0.3, -0.25) is 4.79 Å². The van der Waals surface area contributed by atoms with Gasteiger partial charge in [0.2, 0.25) is 10.0 Å². The van der Waals surface area contributed by atoms with Crippen LogP contribution >= 0.6 is 11.6 Å². The van der Waals surface area contributed by atoms with E-state index in [0.29, 0.717) is 16.4 Å². The van der Waals surface area contributed by atoms with Crippen molar-refractivity contribution in [3.05, 3.63) is 59.2 Å². The molecule has 0 radical (unpaired) electrons. The molecule has 0 aliphatic rings. The molecule has 26 heavy (non-hydrogen) atoms. The molecule has 0 saturated carbocycles. The monoisotopic (exact) mass is 391 g/mol. The Morgan fingerprint density at radius 2 is 1.81 bits per heavy atom. The number of para-hydroxylation sites is 1. The second-order valence-corrected chi connectivity index (χ2v) is 8.54. The van der Waals surface area contributed by atoms with Crippen molar-refractivity contribution in [1.82, 2.24) is 8.87 Å². The largest absolute Gasteiger partial charge is 0.338 e. The summed E-state index contributed by atoms with van der Waals surface area (Å²) in [5, 5.41) is 3.87. The second-order valence-electron chi connectivity index (χ2n) is 6.01. The normalized spacial score (nSPS) is 11.9. The molecule has 3 aromatic rings. The predicted octanol–water partition coefficient (Wildman–Crippen LogP) is 3.33. The lowest BCUT2D eigenvalue weighted by Crippen LogP contribution is -2.22. The molecule has 1 heterocycles. The number of hydrogen-bond donors (Lipinski definition) is 1. The highest BCUT2D eigenvalue weighted by Crippen LogP contribution is 2.30. The first kappa shape index (κ1) is 18.4. The molecule has 3 rings (SSSR count). The number of aryl methyl sites for hydroxylation is 1. The molecule has 0 bridgehead atoms. The highest BCUT2D eigenvalue weighted by atomic mass is 35.5. The maximum atomic E-state index is 12.7. The van der Waals surface area contributed by atoms with E-state index in [0.717, 1.165) is 15.2 Å². The zero-order chi connectivity index (χ0) is 19.1. The van der Waals surface area contributed by atoms with Gasteiger partial charge < -0.3 is 9.88 Å². The average molecular weight is 392 g/mol. The van der Waals surface area contributed by atoms with E-state index in [-0.39, 0.29) is 4.90 Å². The number of aromatic nitrogens is 1. The summed E-state index contributed by atoms with van der Waals surface area (Å²) < 4.78 is 27.3. The first-order valence-electron chi connectivity index (χ1n) is 7.80. The number of fused-ring (bicyclic) bond motifs is 1. The molecule has 0 spiro atoms. The van der Waals surface area contributed by atoms with E-state index in [1.165, 1.54) is 26.2 Å². The van der Waals surface area contributed by atoms with E-state index < -0.39 is 15.9 Å². The number of nitrogens with zero attached hydrogens (tertiary/aromatic N) is 2. The molecule has 6 nitrogen and oxygen atoms in total. The Hall–Kier alpha value is -2.35. The van der Waals surface area contributed by atoms with Gasteiger partial charge in [-0.25, -0.2) is 12.7 Å². The van der Waals surface area contributed by atoms with Gasteiger partial charge in [-0.2, -0.15) is 0 Å². The summed E-state index contributed by atoms with van der Waals surface area (Å²) in [5.41, 5.74) is 1.53. The standard InChI is InChI=1S/C18H18ClN3O3S/c1-21(2)26(24,25)13-8-6-7-12(11-13)20-18(23)17-16(19)14-9-4-5-10-15(14)22(17)3/h4-11H,1-3H3,(H,20,23). The van der Waals surface area contributed by atoms with E-state index in [2.05, 4.69) is 5.32 Å². The van der Waals surface area contributed by atoms with E-state index in [9.17, 15) is 13.2 Å². The average Bonchev–Trinajstić information content (AvgIpc) is 2.86. The van der Waals surface area contributed by atoms with Gasteiger partial charge in [-0.05, 0) is 24.3 Å². The first-order valence-corrected chi connectivity index (χ1v) is 9.62. The molecule has 0 aliphatic carbocycles. The third-order valence-electron chi connectivity index (χ3n) is 4.13. The van der Waals surface area contributed by atoms with E-state index in [1.54, 1.807) is 23.7 Å². The smallest absolute Gasteiger partial charge is 0.273 e. The van der Waals surface area contributed by atoms with Gasteiger partial charge in [-0.1, -0.05) is 35.9 Å². The van der Waals surface area contributed by atoms with Crippen molar-refractivity contribution in [2.24, 2.45) is 7.05 Å². The molecule has 8 heteroatoms. The Morgan fingerprint density at radius 1 is 1.12 bits per heavy atom. The van der Waals surface area contributed by atoms with Crippen molar-refractivity contribution in [2.75, 3.05) is 19.4 Å². The minimum absolute atomic E-state index is 0.100. The number of carbonyl (C=O) groups is 1. The van der Waals surface area contributed by atoms with Crippen LogP contribution in [0.5, 0.6) is 0 Å². The number of nitrogens with one attached hydrogen (secondary N) is 1. The molecule has 0 aliphatic heterocycles. The van der Waals surface area contributed by atoms with Crippen LogP contribution in [0.15, 0.2) is 53.4 Å². The number of anilines is 1. The third kappa shape index (κ3) is 3.09. The summed E-state index contributed by atoms with van der Waals surface area (Å²) in [4.78, 5) is 12.8. The van der Waals surface area contributed by atoms with Crippen LogP contribution in [-0.2, 0) is 17.1 Å². The Balaban J connectivity index is 1.97. The Labute approximate surface area is 157 Å². The van der Waals surface area contributed by atoms with Crippen molar-refractivity contribution in [1.29, 1.82) is 0 Å². The van der Waals surface area contributed by atoms with Crippen LogP contribution < -0.4 is 5.32 Å². The SMILES string of the molecule is CN(C)S(=O)(=O)c1cccc(NC(=O)c2c(Cl)c3ccccc3n2C)c1. The molecule has 0 saturated heterocycles. The fourth-order valence-corrected chi connectivity index (χ4v) is 4.05. The summed E-state index contributed by atoms with van der Waals surface area (Å²) in [6.45, 7) is 0. The third-order valence-corrected chi connectivity index (χ3v) is 6.32. The summed E-state index contributed by atoms with van der Waals surface area (Å²) in [7, 11) is 1.08. The number of sulfonamides is 1. The molecule has 2 aromatic carbocycles. The quantitative estimate of drug-likeness (QED) is 0.741. The maximum absolute atomic E-state index is 12.7. The van der Waals surface area contributed by atoms with Crippen molar-refractivity contribution in [3.63, 3.8) is 0 Å². The summed E-state index contributed by atoms with van der Waals surface area (Å²) in [6, 6.07) is 13.6. The van der Waals surface area contributed by atoms with Crippen LogP contribution in [0.25, 0.3) is 10.9 Å². The van der Waals surface area contributed by atoms with Crippen molar-refractivity contribution >= 4 is 44.1 Å². The molecular weight excluding hydrogens is 374 g/mol. The highest BCUT2D eigenvalue weighted by molar-refractivity contribution is 7.89. The van der Waals surface area contributed by atoms with Gasteiger partial charge in [0.05, 0.1) is 9.92 Å². The molecule has 0 atom stereocenters. The van der Waals surface area contributed by atoms with E-state index in [1.807, 2.05) is 24.3 Å². The number of halogens is 1. The molecule has 0 fully saturated rings. The van der Waals surface area contributed by atoms with Gasteiger partial charge in [-0.15, -0.1) is 0 Å². The van der Waals surface area contributed by atoms with Crippen LogP contribution in [0.1, 0.15) is 10.5 Å². The minimum atomic E-state index is -3.59. The van der Waals surface area contributed by atoms with Crippen molar-refractivity contribution in [3.8, 4) is 0 Å². The molecule has 1 N–H and O–H groups in total. The van der Waals surface area contributed by atoms with Gasteiger partial charge >= 0.3 is 0 Å². The van der Waals surface area contributed by atoms with Crippen LogP contribution in [-0.4, -0.2) is 37.3 Å². The van der Waals surface area contributed by atoms with E-state index in [4.69, 9.17) is 11.6 Å². The predicted molar refractivity (Wildman–Crippen MR) is 103 cm³/mol. The van der Waals surface area contributed by atoms with Crippen LogP contribution in [0, 0.1) is 0 Å². The number of rotatable bonds is 4. The van der Waals surface area contributed by atoms with E-state index >= 15 is 0 Å². The van der Waals surface area contributed by atoms with Crippen molar-refractivity contribution in [2.45, 2.75) is 4.90 Å². The summed E-state index contributed by atoms with van der Waals surface area (Å²) in [6.07, 6.45) is 0. The Morgan fingerprint density at radius 3 is 2.46 bits per heavy atom. The van der Waals surface area contributed by atoms with Gasteiger partial charge in [0.15, 0.2) is 0 Å². The van der Waals surface area contributed by atoms with Crippen LogP contribution in [0.4, 0.5) is 5.69 Å². The summed E-state index contributed by atoms with van der Waals surface area (Å²) >= 11 is 6.38. The maximum Gasteiger partial charge on any atom is 0.273 e. The number of benzene rings is 2. The lowest BCUT2D eigenvalue weighted by molar-refractivity contribution is 0.102. The molecular formula is C18H18ClN3O3S. The topological polar surface area (TPSA) is 71.4 Å². The molecule has 0 unspecified atom stereocenters. The molecule has 136 valence electrons. The molecule has 1 aromatic heterocycles. The lowest BCUT2D eigenvalue weighted by atomic mass is 10.2. The van der Waals surface area contributed by atoms with Crippen LogP contribution in [0.2, 0.25) is 5.02 Å². The fourth-order valence-electron chi connectivity index (χ4n) is 2.73. The van der Waals surface area contributed by atoms with Gasteiger partial charge in [0, 0.05) is 37.7 Å². The Bertz CT molecular complexity index is 1070. The minimum Gasteiger partial charge on any atom is -0.338 e. The zero-order valence-corrected chi connectivity index (χ0v) is 16.1. The molecule has 1 amide bonds. The van der Waals surface area contributed by atoms with Gasteiger partial charge in [0.1, 0.15) is 5.69 Å². The number of hydrogen-bond acceptors (Lipinski definition) is 3. The number of carbonyl (C=O) groups excluding carboxylic acids is 1. The fraction of sp³-hybridized carbons (Fsp3) is 0.167. The van der Waals surface area contributed by atoms with Crippen LogP contribution in [0.3, 0.4) is 0 Å². The van der Waals surface area contributed by atoms with Gasteiger partial charge in [0.25, 0.3) is 5.91 Å². The number of amides is 1.